The second-order valence-corrected chi connectivity index (χ2v) is 4.47. The van der Waals surface area contributed by atoms with Gasteiger partial charge in [-0.2, -0.15) is 0 Å². The summed E-state index contributed by atoms with van der Waals surface area (Å²) in [4.78, 5) is 13.7. The fourth-order valence-electron chi connectivity index (χ4n) is 2.61. The van der Waals surface area contributed by atoms with Gasteiger partial charge in [-0.15, -0.1) is 0 Å². The van der Waals surface area contributed by atoms with Gasteiger partial charge < -0.3 is 0 Å². The van der Waals surface area contributed by atoms with E-state index < -0.39 is 0 Å². The van der Waals surface area contributed by atoms with Crippen molar-refractivity contribution in [1.29, 1.82) is 0 Å². The summed E-state index contributed by atoms with van der Waals surface area (Å²) in [7, 11) is 0. The van der Waals surface area contributed by atoms with Gasteiger partial charge >= 0.3 is 0 Å². The molecule has 1 aliphatic carbocycles. The third-order valence-corrected chi connectivity index (χ3v) is 3.22. The molecule has 2 nitrogen and oxygen atoms in total. The first kappa shape index (κ1) is 8.24. The van der Waals surface area contributed by atoms with E-state index in [4.69, 9.17) is 0 Å². The van der Waals surface area contributed by atoms with Crippen molar-refractivity contribution in [3.63, 3.8) is 0 Å². The molecule has 2 fully saturated rings. The van der Waals surface area contributed by atoms with Gasteiger partial charge in [0.2, 0.25) is 0 Å². The monoisotopic (exact) mass is 167 g/mol. The Kier molecular flexibility index (Phi) is 1.76. The number of ketones is 1. The highest BCUT2D eigenvalue weighted by atomic mass is 16.1. The Balaban J connectivity index is 2.11. The number of likely N-dealkylation sites (tertiary alicyclic amines) is 1. The highest BCUT2D eigenvalue weighted by Crippen LogP contribution is 2.48. The van der Waals surface area contributed by atoms with E-state index in [0.717, 1.165) is 18.4 Å². The quantitative estimate of drug-likeness (QED) is 0.620. The topological polar surface area (TPSA) is 20.3 Å². The number of piperidine rings is 1. The predicted molar refractivity (Wildman–Crippen MR) is 48.0 cm³/mol. The van der Waals surface area contributed by atoms with Crippen LogP contribution < -0.4 is 0 Å². The van der Waals surface area contributed by atoms with Crippen LogP contribution in [0.5, 0.6) is 0 Å². The van der Waals surface area contributed by atoms with E-state index in [0.29, 0.717) is 11.8 Å². The van der Waals surface area contributed by atoms with Crippen LogP contribution in [-0.2, 0) is 4.79 Å². The van der Waals surface area contributed by atoms with Gasteiger partial charge in [-0.3, -0.25) is 9.69 Å². The molecule has 0 spiro atoms. The van der Waals surface area contributed by atoms with Crippen LogP contribution in [0.4, 0.5) is 0 Å². The minimum absolute atomic E-state index is 0.244. The van der Waals surface area contributed by atoms with E-state index >= 15 is 0 Å². The molecule has 0 N–H and O–H groups in total. The first-order valence-corrected chi connectivity index (χ1v) is 4.89. The average molecular weight is 167 g/mol. The van der Waals surface area contributed by atoms with Crippen molar-refractivity contribution in [3.05, 3.63) is 0 Å². The van der Waals surface area contributed by atoms with E-state index in [1.54, 1.807) is 6.92 Å². The van der Waals surface area contributed by atoms with Gasteiger partial charge in [0.05, 0.1) is 6.04 Å². The summed E-state index contributed by atoms with van der Waals surface area (Å²) in [6.07, 6.45) is 2.46. The van der Waals surface area contributed by atoms with Crippen molar-refractivity contribution >= 4 is 5.78 Å². The van der Waals surface area contributed by atoms with Gasteiger partial charge in [0, 0.05) is 12.1 Å². The minimum atomic E-state index is 0.244. The summed E-state index contributed by atoms with van der Waals surface area (Å²) in [5, 5.41) is 0. The molecule has 1 aliphatic heterocycles. The summed E-state index contributed by atoms with van der Waals surface area (Å²) in [5.41, 5.74) is 0. The maximum absolute atomic E-state index is 11.3. The summed E-state index contributed by atoms with van der Waals surface area (Å²) in [5.74, 6) is 1.21. The summed E-state index contributed by atoms with van der Waals surface area (Å²) in [6.45, 7) is 6.11. The Labute approximate surface area is 73.9 Å². The molecule has 0 radical (unpaired) electrons. The number of carbonyl (C=O) groups excluding carboxylic acids is 1. The fourth-order valence-corrected chi connectivity index (χ4v) is 2.61. The van der Waals surface area contributed by atoms with Crippen molar-refractivity contribution in [2.45, 2.75) is 51.7 Å². The standard InChI is InChI=1S/C10H17NO/c1-6(2)11-9(7(3)12)4-8-5-10(8)11/h6,8-10H,4-5H2,1-3H3/t8-,9+,10+/m1/s1. The molecule has 2 aliphatic rings. The molecule has 1 saturated heterocycles. The van der Waals surface area contributed by atoms with Gasteiger partial charge in [0.25, 0.3) is 0 Å². The van der Waals surface area contributed by atoms with Crippen molar-refractivity contribution in [3.8, 4) is 0 Å². The number of fused-ring (bicyclic) bond motifs is 1. The zero-order valence-corrected chi connectivity index (χ0v) is 8.08. The third-order valence-electron chi connectivity index (χ3n) is 3.22. The minimum Gasteiger partial charge on any atom is -0.298 e. The molecular formula is C10H17NO. The van der Waals surface area contributed by atoms with Crippen LogP contribution in [0.15, 0.2) is 0 Å². The van der Waals surface area contributed by atoms with Gasteiger partial charge in [-0.1, -0.05) is 0 Å². The van der Waals surface area contributed by atoms with Gasteiger partial charge in [0.15, 0.2) is 0 Å². The van der Waals surface area contributed by atoms with Gasteiger partial charge in [-0.05, 0) is 39.5 Å². The molecule has 12 heavy (non-hydrogen) atoms. The molecular weight excluding hydrogens is 150 g/mol. The fraction of sp³-hybridized carbons (Fsp3) is 0.900. The Morgan fingerprint density at radius 2 is 2.08 bits per heavy atom. The van der Waals surface area contributed by atoms with E-state index in [9.17, 15) is 4.79 Å². The highest BCUT2D eigenvalue weighted by molar-refractivity contribution is 5.82. The number of hydrogen-bond acceptors (Lipinski definition) is 2. The Morgan fingerprint density at radius 3 is 2.50 bits per heavy atom. The molecule has 0 amide bonds. The average Bonchev–Trinajstić information content (AvgIpc) is 2.60. The van der Waals surface area contributed by atoms with Crippen molar-refractivity contribution in [2.24, 2.45) is 5.92 Å². The lowest BCUT2D eigenvalue weighted by atomic mass is 10.1. The molecule has 0 aromatic rings. The summed E-state index contributed by atoms with van der Waals surface area (Å²) >= 11 is 0. The Morgan fingerprint density at radius 1 is 1.42 bits per heavy atom. The van der Waals surface area contributed by atoms with Crippen LogP contribution in [0.3, 0.4) is 0 Å². The normalized spacial score (nSPS) is 40.2. The summed E-state index contributed by atoms with van der Waals surface area (Å²) in [6, 6.07) is 1.53. The number of carbonyl (C=O) groups is 1. The molecule has 0 unspecified atom stereocenters. The van der Waals surface area contributed by atoms with Crippen LogP contribution >= 0.6 is 0 Å². The van der Waals surface area contributed by atoms with E-state index in [1.165, 1.54) is 6.42 Å². The Bertz CT molecular complexity index is 212. The molecule has 0 bridgehead atoms. The summed E-state index contributed by atoms with van der Waals surface area (Å²) < 4.78 is 0. The smallest absolute Gasteiger partial charge is 0.146 e. The van der Waals surface area contributed by atoms with Crippen LogP contribution in [0, 0.1) is 5.92 Å². The van der Waals surface area contributed by atoms with E-state index in [1.807, 2.05) is 0 Å². The first-order valence-electron chi connectivity index (χ1n) is 4.89. The number of hydrogen-bond donors (Lipinski definition) is 0. The molecule has 68 valence electrons. The SMILES string of the molecule is CC(=O)[C@@H]1C[C@@H]2C[C@@H]2N1C(C)C. The molecule has 3 atom stereocenters. The molecule has 0 aromatic carbocycles. The molecule has 1 heterocycles. The lowest BCUT2D eigenvalue weighted by Crippen LogP contribution is -2.42. The molecule has 2 heteroatoms. The maximum atomic E-state index is 11.3. The third kappa shape index (κ3) is 1.09. The molecule has 0 aromatic heterocycles. The second kappa shape index (κ2) is 2.56. The van der Waals surface area contributed by atoms with Crippen molar-refractivity contribution in [1.82, 2.24) is 4.90 Å². The van der Waals surface area contributed by atoms with Crippen LogP contribution in [0.1, 0.15) is 33.6 Å². The lowest BCUT2D eigenvalue weighted by Gasteiger charge is -2.29. The van der Waals surface area contributed by atoms with E-state index in [-0.39, 0.29) is 6.04 Å². The van der Waals surface area contributed by atoms with Crippen molar-refractivity contribution in [2.75, 3.05) is 0 Å². The van der Waals surface area contributed by atoms with Crippen LogP contribution in [-0.4, -0.2) is 28.8 Å². The molecule has 1 saturated carbocycles. The predicted octanol–water partition coefficient (Wildman–Crippen LogP) is 1.45. The van der Waals surface area contributed by atoms with Crippen molar-refractivity contribution < 1.29 is 4.79 Å². The zero-order valence-electron chi connectivity index (χ0n) is 8.08. The van der Waals surface area contributed by atoms with Crippen LogP contribution in [0.2, 0.25) is 0 Å². The van der Waals surface area contributed by atoms with Gasteiger partial charge in [0.1, 0.15) is 5.78 Å². The number of rotatable bonds is 2. The second-order valence-electron chi connectivity index (χ2n) is 4.47. The number of Topliss-reactive ketones (excluding diaryl/α,β-unsaturated/α-hetero) is 1. The lowest BCUT2D eigenvalue weighted by molar-refractivity contribution is -0.122. The maximum Gasteiger partial charge on any atom is 0.146 e. The first-order chi connectivity index (χ1) is 5.61. The van der Waals surface area contributed by atoms with Crippen LogP contribution in [0.25, 0.3) is 0 Å². The zero-order chi connectivity index (χ0) is 8.88. The largest absolute Gasteiger partial charge is 0.298 e. The van der Waals surface area contributed by atoms with E-state index in [2.05, 4.69) is 18.7 Å². The van der Waals surface area contributed by atoms with Gasteiger partial charge in [-0.25, -0.2) is 0 Å². The Hall–Kier alpha value is -0.370. The molecule has 2 rings (SSSR count). The number of nitrogens with zero attached hydrogens (tertiary/aromatic N) is 1. The highest BCUT2D eigenvalue weighted by Gasteiger charge is 2.53.